The third-order valence-electron chi connectivity index (χ3n) is 4.02. The number of hydrogen-bond acceptors (Lipinski definition) is 2. The highest BCUT2D eigenvalue weighted by molar-refractivity contribution is 6.30. The molecular formula is C18H19ClN2O. The monoisotopic (exact) mass is 314 g/mol. The van der Waals surface area contributed by atoms with Gasteiger partial charge in [0.25, 0.3) is 0 Å². The van der Waals surface area contributed by atoms with E-state index in [-0.39, 0.29) is 0 Å². The van der Waals surface area contributed by atoms with Crippen LogP contribution in [-0.2, 0) is 6.54 Å². The van der Waals surface area contributed by atoms with Crippen molar-refractivity contribution in [3.8, 4) is 0 Å². The summed E-state index contributed by atoms with van der Waals surface area (Å²) in [4.78, 5) is 4.61. The number of rotatable bonds is 3. The Morgan fingerprint density at radius 2 is 1.77 bits per heavy atom. The fourth-order valence-electron chi connectivity index (χ4n) is 2.66. The minimum atomic E-state index is -0.611. The molecule has 3 nitrogen and oxygen atoms in total. The normalized spacial score (nSPS) is 12.8. The van der Waals surface area contributed by atoms with Crippen LogP contribution < -0.4 is 0 Å². The molecule has 22 heavy (non-hydrogen) atoms. The molecule has 1 atom stereocenters. The van der Waals surface area contributed by atoms with Gasteiger partial charge in [0.05, 0.1) is 11.0 Å². The molecule has 3 rings (SSSR count). The predicted octanol–water partition coefficient (Wildman–Crippen LogP) is 4.41. The van der Waals surface area contributed by atoms with E-state index < -0.39 is 6.10 Å². The maximum atomic E-state index is 10.1. The highest BCUT2D eigenvalue weighted by Crippen LogP contribution is 2.25. The van der Waals surface area contributed by atoms with Crippen molar-refractivity contribution >= 4 is 22.6 Å². The molecule has 1 heterocycles. The van der Waals surface area contributed by atoms with Gasteiger partial charge in [0.15, 0.2) is 0 Å². The second kappa shape index (κ2) is 5.75. The van der Waals surface area contributed by atoms with E-state index in [2.05, 4.69) is 35.5 Å². The second-order valence-electron chi connectivity index (χ2n) is 5.78. The van der Waals surface area contributed by atoms with Crippen molar-refractivity contribution in [3.63, 3.8) is 0 Å². The number of hydrogen-bond donors (Lipinski definition) is 1. The molecule has 0 saturated carbocycles. The van der Waals surface area contributed by atoms with Crippen LogP contribution in [0, 0.1) is 13.8 Å². The number of halogens is 1. The molecule has 3 aromatic rings. The second-order valence-corrected chi connectivity index (χ2v) is 6.22. The summed E-state index contributed by atoms with van der Waals surface area (Å²) in [5, 5.41) is 10.8. The SMILES string of the molecule is Cc1cc2nc(C(C)O)n(Cc3ccc(Cl)cc3)c2cc1C. The molecule has 0 fully saturated rings. The average Bonchev–Trinajstić information content (AvgIpc) is 2.80. The molecule has 0 aliphatic carbocycles. The topological polar surface area (TPSA) is 38.1 Å². The van der Waals surface area contributed by atoms with Gasteiger partial charge in [-0.2, -0.15) is 0 Å². The first kappa shape index (κ1) is 15.1. The molecule has 0 spiro atoms. The quantitative estimate of drug-likeness (QED) is 0.777. The zero-order valence-corrected chi connectivity index (χ0v) is 13.7. The van der Waals surface area contributed by atoms with Gasteiger partial charge in [-0.15, -0.1) is 0 Å². The molecule has 2 aromatic carbocycles. The van der Waals surface area contributed by atoms with Gasteiger partial charge in [-0.05, 0) is 61.7 Å². The van der Waals surface area contributed by atoms with E-state index in [1.807, 2.05) is 24.3 Å². The molecule has 0 saturated heterocycles. The highest BCUT2D eigenvalue weighted by atomic mass is 35.5. The standard InChI is InChI=1S/C18H19ClN2O/c1-11-8-16-17(9-12(11)2)21(18(20-16)13(3)22)10-14-4-6-15(19)7-5-14/h4-9,13,22H,10H2,1-3H3. The van der Waals surface area contributed by atoms with Gasteiger partial charge in [0, 0.05) is 11.6 Å². The lowest BCUT2D eigenvalue weighted by molar-refractivity contribution is 0.185. The number of aliphatic hydroxyl groups excluding tert-OH is 1. The Bertz CT molecular complexity index is 819. The minimum absolute atomic E-state index is 0.611. The molecule has 0 bridgehead atoms. The Morgan fingerprint density at radius 1 is 1.14 bits per heavy atom. The van der Waals surface area contributed by atoms with Crippen molar-refractivity contribution in [1.82, 2.24) is 9.55 Å². The lowest BCUT2D eigenvalue weighted by Crippen LogP contribution is -2.08. The van der Waals surface area contributed by atoms with Gasteiger partial charge >= 0.3 is 0 Å². The van der Waals surface area contributed by atoms with Crippen molar-refractivity contribution in [2.45, 2.75) is 33.4 Å². The molecule has 1 aromatic heterocycles. The smallest absolute Gasteiger partial charge is 0.138 e. The number of aromatic nitrogens is 2. The van der Waals surface area contributed by atoms with Crippen LogP contribution in [0.2, 0.25) is 5.02 Å². The van der Waals surface area contributed by atoms with Crippen molar-refractivity contribution in [2.75, 3.05) is 0 Å². The molecule has 0 amide bonds. The summed E-state index contributed by atoms with van der Waals surface area (Å²) in [7, 11) is 0. The first-order valence-electron chi connectivity index (χ1n) is 7.35. The summed E-state index contributed by atoms with van der Waals surface area (Å²) in [5.41, 5.74) is 5.54. The van der Waals surface area contributed by atoms with Crippen LogP contribution in [0.25, 0.3) is 11.0 Å². The highest BCUT2D eigenvalue weighted by Gasteiger charge is 2.16. The molecule has 0 aliphatic rings. The van der Waals surface area contributed by atoms with Crippen LogP contribution >= 0.6 is 11.6 Å². The van der Waals surface area contributed by atoms with Gasteiger partial charge in [0.1, 0.15) is 11.9 Å². The Balaban J connectivity index is 2.15. The first-order valence-corrected chi connectivity index (χ1v) is 7.73. The zero-order valence-electron chi connectivity index (χ0n) is 13.0. The fourth-order valence-corrected chi connectivity index (χ4v) is 2.78. The summed E-state index contributed by atoms with van der Waals surface area (Å²) in [6, 6.07) is 12.0. The average molecular weight is 315 g/mol. The molecule has 4 heteroatoms. The summed E-state index contributed by atoms with van der Waals surface area (Å²) < 4.78 is 2.08. The van der Waals surface area contributed by atoms with Gasteiger partial charge in [0.2, 0.25) is 0 Å². The summed E-state index contributed by atoms with van der Waals surface area (Å²) in [5.74, 6) is 0.690. The van der Waals surface area contributed by atoms with Crippen LogP contribution in [0.15, 0.2) is 36.4 Å². The van der Waals surface area contributed by atoms with Crippen molar-refractivity contribution in [2.24, 2.45) is 0 Å². The number of aliphatic hydroxyl groups is 1. The number of nitrogens with zero attached hydrogens (tertiary/aromatic N) is 2. The van der Waals surface area contributed by atoms with E-state index in [1.54, 1.807) is 6.92 Å². The predicted molar refractivity (Wildman–Crippen MR) is 90.4 cm³/mol. The van der Waals surface area contributed by atoms with Gasteiger partial charge in [-0.1, -0.05) is 23.7 Å². The minimum Gasteiger partial charge on any atom is -0.385 e. The van der Waals surface area contributed by atoms with Crippen LogP contribution in [0.3, 0.4) is 0 Å². The van der Waals surface area contributed by atoms with E-state index in [0.717, 1.165) is 21.6 Å². The van der Waals surface area contributed by atoms with E-state index in [4.69, 9.17) is 11.6 Å². The lowest BCUT2D eigenvalue weighted by Gasteiger charge is -2.12. The number of benzene rings is 2. The Kier molecular flexibility index (Phi) is 3.94. The van der Waals surface area contributed by atoms with E-state index in [1.165, 1.54) is 11.1 Å². The molecular weight excluding hydrogens is 296 g/mol. The molecule has 0 aliphatic heterocycles. The van der Waals surface area contributed by atoms with Crippen LogP contribution in [0.1, 0.15) is 35.5 Å². The number of imidazole rings is 1. The maximum Gasteiger partial charge on any atom is 0.138 e. The van der Waals surface area contributed by atoms with E-state index in [0.29, 0.717) is 12.4 Å². The number of fused-ring (bicyclic) bond motifs is 1. The van der Waals surface area contributed by atoms with Crippen molar-refractivity contribution < 1.29 is 5.11 Å². The first-order chi connectivity index (χ1) is 10.5. The van der Waals surface area contributed by atoms with Crippen LogP contribution in [0.4, 0.5) is 0 Å². The van der Waals surface area contributed by atoms with Crippen LogP contribution in [0.5, 0.6) is 0 Å². The van der Waals surface area contributed by atoms with E-state index in [9.17, 15) is 5.11 Å². The lowest BCUT2D eigenvalue weighted by atomic mass is 10.1. The summed E-state index contributed by atoms with van der Waals surface area (Å²) >= 11 is 5.95. The zero-order chi connectivity index (χ0) is 15.9. The number of aryl methyl sites for hydroxylation is 2. The summed E-state index contributed by atoms with van der Waals surface area (Å²) in [6.45, 7) is 6.58. The maximum absolute atomic E-state index is 10.1. The van der Waals surface area contributed by atoms with Gasteiger partial charge in [-0.3, -0.25) is 0 Å². The molecule has 114 valence electrons. The Morgan fingerprint density at radius 3 is 2.41 bits per heavy atom. The van der Waals surface area contributed by atoms with Gasteiger partial charge < -0.3 is 9.67 Å². The summed E-state index contributed by atoms with van der Waals surface area (Å²) in [6.07, 6.45) is -0.611. The van der Waals surface area contributed by atoms with Crippen molar-refractivity contribution in [1.29, 1.82) is 0 Å². The van der Waals surface area contributed by atoms with Gasteiger partial charge in [-0.25, -0.2) is 4.98 Å². The van der Waals surface area contributed by atoms with E-state index >= 15 is 0 Å². The Hall–Kier alpha value is -1.84. The fraction of sp³-hybridized carbons (Fsp3) is 0.278. The van der Waals surface area contributed by atoms with Crippen LogP contribution in [-0.4, -0.2) is 14.7 Å². The Labute approximate surface area is 135 Å². The largest absolute Gasteiger partial charge is 0.385 e. The molecule has 1 unspecified atom stereocenters. The molecule has 1 N–H and O–H groups in total. The third kappa shape index (κ3) is 2.74. The molecule has 0 radical (unpaired) electrons. The van der Waals surface area contributed by atoms with Crippen molar-refractivity contribution in [3.05, 3.63) is 63.9 Å². The third-order valence-corrected chi connectivity index (χ3v) is 4.27.